The fourth-order valence-electron chi connectivity index (χ4n) is 10.9. The normalized spacial score (nSPS) is 12.9. The highest BCUT2D eigenvalue weighted by molar-refractivity contribution is 7.07. The summed E-state index contributed by atoms with van der Waals surface area (Å²) in [7, 11) is 0. The Balaban J connectivity index is 1.02. The molecule has 9 aromatic rings. The lowest BCUT2D eigenvalue weighted by molar-refractivity contribution is -0.118. The van der Waals surface area contributed by atoms with Crippen LogP contribution in [0.4, 0.5) is 0 Å². The SMILES string of the molecule is C=Cc1c(C)c2cc3[nH]c(cc4nc(cc5nc(cc1[nH]2)C(C)=C5CCC(=O)N=c1scc(-c2ccccc2)n1-c1cccc(C)c1C)C(CCC(=O)N=c1scc(-c2ccccc2)n1-c1cccc(C)c1C)=C4C)c(C)c3C=C. The highest BCUT2D eigenvalue weighted by atomic mass is 32.1. The number of nitrogens with zero attached hydrogens (tertiary/aromatic N) is 6. The van der Waals surface area contributed by atoms with Gasteiger partial charge in [-0.2, -0.15) is 9.98 Å². The predicted molar refractivity (Wildman–Crippen MR) is 332 cm³/mol. The first-order valence-electron chi connectivity index (χ1n) is 26.9. The lowest BCUT2D eigenvalue weighted by atomic mass is 9.98. The molecule has 4 aromatic carbocycles. The van der Waals surface area contributed by atoms with E-state index in [-0.39, 0.29) is 24.7 Å². The van der Waals surface area contributed by atoms with Crippen molar-refractivity contribution in [1.29, 1.82) is 0 Å². The molecule has 80 heavy (non-hydrogen) atoms. The predicted octanol–water partition coefficient (Wildman–Crippen LogP) is 16.2. The number of H-pyrrole nitrogens is 2. The summed E-state index contributed by atoms with van der Waals surface area (Å²) in [4.78, 5) is 57.8. The number of rotatable bonds is 12. The number of nitrogens with one attached hydrogen (secondary N) is 2. The van der Waals surface area contributed by atoms with Crippen LogP contribution in [0.5, 0.6) is 0 Å². The number of allylic oxidation sites excluding steroid dienone is 4. The van der Waals surface area contributed by atoms with Gasteiger partial charge < -0.3 is 9.97 Å². The van der Waals surface area contributed by atoms with E-state index in [9.17, 15) is 9.59 Å². The molecule has 398 valence electrons. The number of thiazole rings is 2. The number of hydrogen-bond acceptors (Lipinski definition) is 6. The smallest absolute Gasteiger partial charge is 0.248 e. The van der Waals surface area contributed by atoms with Crippen LogP contribution in [0.2, 0.25) is 0 Å². The molecule has 0 spiro atoms. The molecule has 0 aliphatic carbocycles. The van der Waals surface area contributed by atoms with E-state index in [1.165, 1.54) is 22.7 Å². The molecule has 12 heteroatoms. The third-order valence-corrected chi connectivity index (χ3v) is 17.5. The standard InChI is InChI=1S/C68H62N8O2S2/c1-11-49-43(7)53-33-54-45(9)51(29-31-65(77)73-67-75(61-27-19-21-39(3)41(61)5)63(37-79-67)47-23-15-13-16-24-47)59(71-54)36-60-52(46(10)56(72-60)35-58-50(12-2)44(8)55(70-58)34-57(49)69-53)30-32-66(78)74-68-76(62-28-20-22-40(4)42(62)6)64(38-80-68)48-25-17-14-18-26-48/h11-28,33-38,69-70H,1-2,29-32H2,3-10H3. The van der Waals surface area contributed by atoms with Gasteiger partial charge in [0.25, 0.3) is 0 Å². The Morgan fingerprint density at radius 1 is 0.500 bits per heavy atom. The van der Waals surface area contributed by atoms with Crippen LogP contribution in [0.25, 0.3) is 90.4 Å². The number of aryl methyl sites for hydroxylation is 4. The van der Waals surface area contributed by atoms with Crippen LogP contribution in [-0.4, -0.2) is 40.9 Å². The highest BCUT2D eigenvalue weighted by Gasteiger charge is 2.24. The van der Waals surface area contributed by atoms with Gasteiger partial charge in [0.1, 0.15) is 0 Å². The monoisotopic (exact) mass is 1090 g/mol. The van der Waals surface area contributed by atoms with Gasteiger partial charge in [0.2, 0.25) is 11.8 Å². The quantitative estimate of drug-likeness (QED) is 0.126. The first-order valence-corrected chi connectivity index (χ1v) is 28.7. The lowest BCUT2D eigenvalue weighted by Crippen LogP contribution is -2.17. The van der Waals surface area contributed by atoms with E-state index in [1.54, 1.807) is 0 Å². The number of hydrogen-bond donors (Lipinski definition) is 2. The molecule has 2 aliphatic rings. The van der Waals surface area contributed by atoms with Gasteiger partial charge in [-0.3, -0.25) is 18.7 Å². The second kappa shape index (κ2) is 22.1. The zero-order valence-electron chi connectivity index (χ0n) is 46.4. The van der Waals surface area contributed by atoms with Crippen LogP contribution in [0.15, 0.2) is 155 Å². The summed E-state index contributed by atoms with van der Waals surface area (Å²) < 4.78 is 4.22. The summed E-state index contributed by atoms with van der Waals surface area (Å²) in [5.74, 6) is -0.477. The van der Waals surface area contributed by atoms with Gasteiger partial charge in [-0.25, -0.2) is 9.97 Å². The molecule has 0 unspecified atom stereocenters. The van der Waals surface area contributed by atoms with Crippen molar-refractivity contribution in [3.63, 3.8) is 0 Å². The molecule has 10 nitrogen and oxygen atoms in total. The Labute approximate surface area is 474 Å². The van der Waals surface area contributed by atoms with Gasteiger partial charge in [0.15, 0.2) is 9.60 Å². The van der Waals surface area contributed by atoms with Crippen LogP contribution >= 0.6 is 22.7 Å². The van der Waals surface area contributed by atoms with Crippen molar-refractivity contribution in [3.8, 4) is 33.9 Å². The molecule has 0 radical (unpaired) electrons. The average molecular weight is 1090 g/mol. The maximum atomic E-state index is 14.4. The van der Waals surface area contributed by atoms with Crippen LogP contribution < -0.4 is 9.60 Å². The zero-order valence-corrected chi connectivity index (χ0v) is 48.0. The molecule has 5 aromatic heterocycles. The molecule has 11 rings (SSSR count). The van der Waals surface area contributed by atoms with Crippen LogP contribution in [0.3, 0.4) is 0 Å². The Hall–Kier alpha value is -8.84. The van der Waals surface area contributed by atoms with E-state index >= 15 is 0 Å². The molecule has 0 saturated heterocycles. The molecule has 2 aliphatic heterocycles. The number of aromatic nitrogens is 6. The Morgan fingerprint density at radius 2 is 0.912 bits per heavy atom. The van der Waals surface area contributed by atoms with E-state index in [0.717, 1.165) is 134 Å². The van der Waals surface area contributed by atoms with E-state index < -0.39 is 0 Å². The third-order valence-electron chi connectivity index (χ3n) is 15.8. The van der Waals surface area contributed by atoms with E-state index in [1.807, 2.05) is 66.7 Å². The lowest BCUT2D eigenvalue weighted by Gasteiger charge is -2.13. The first-order chi connectivity index (χ1) is 38.7. The fourth-order valence-corrected chi connectivity index (χ4v) is 12.7. The average Bonchev–Trinajstić information content (AvgIpc) is 4.32. The zero-order chi connectivity index (χ0) is 55.9. The van der Waals surface area contributed by atoms with Crippen LogP contribution in [0.1, 0.15) is 107 Å². The molecular weight excluding hydrogens is 1020 g/mol. The van der Waals surface area contributed by atoms with Gasteiger partial charge in [-0.15, -0.1) is 22.7 Å². The summed E-state index contributed by atoms with van der Waals surface area (Å²) in [5, 5.41) is 4.16. The minimum Gasteiger partial charge on any atom is -0.355 e. The molecule has 2 amide bonds. The van der Waals surface area contributed by atoms with Crippen molar-refractivity contribution in [2.24, 2.45) is 9.98 Å². The fraction of sp³-hybridized carbons (Fsp3) is 0.176. The van der Waals surface area contributed by atoms with Crippen LogP contribution in [0, 0.1) is 41.5 Å². The summed E-state index contributed by atoms with van der Waals surface area (Å²) >= 11 is 2.92. The molecule has 0 saturated carbocycles. The van der Waals surface area contributed by atoms with Crippen molar-refractivity contribution in [1.82, 2.24) is 29.1 Å². The van der Waals surface area contributed by atoms with E-state index in [2.05, 4.69) is 165 Å². The molecule has 8 bridgehead atoms. The van der Waals surface area contributed by atoms with Crippen molar-refractivity contribution >= 4 is 91.0 Å². The second-order valence-corrected chi connectivity index (χ2v) is 22.3. The number of aromatic amines is 2. The molecule has 7 heterocycles. The summed E-state index contributed by atoms with van der Waals surface area (Å²) in [6.07, 6.45) is 4.81. The maximum absolute atomic E-state index is 14.4. The summed E-state index contributed by atoms with van der Waals surface area (Å²) in [6, 6.07) is 41.2. The van der Waals surface area contributed by atoms with E-state index in [0.29, 0.717) is 33.8 Å². The maximum Gasteiger partial charge on any atom is 0.248 e. The Kier molecular flexibility index (Phi) is 14.7. The molecule has 0 fully saturated rings. The summed E-state index contributed by atoms with van der Waals surface area (Å²) in [6.45, 7) is 25.2. The number of carbonyl (C=O) groups excluding carboxylic acids is 2. The van der Waals surface area contributed by atoms with Crippen molar-refractivity contribution < 1.29 is 9.59 Å². The first kappa shape index (κ1) is 53.2. The van der Waals surface area contributed by atoms with Crippen LogP contribution in [-0.2, 0) is 9.59 Å². The third kappa shape index (κ3) is 10.0. The Bertz CT molecular complexity index is 4420. The van der Waals surface area contributed by atoms with Gasteiger partial charge in [-0.1, -0.05) is 110 Å². The highest BCUT2D eigenvalue weighted by Crippen LogP contribution is 2.39. The minimum atomic E-state index is -0.239. The second-order valence-electron chi connectivity index (χ2n) is 20.6. The number of fused-ring (bicyclic) bond motifs is 8. The van der Waals surface area contributed by atoms with Gasteiger partial charge in [-0.05, 0) is 171 Å². The van der Waals surface area contributed by atoms with E-state index in [4.69, 9.17) is 20.0 Å². The summed E-state index contributed by atoms with van der Waals surface area (Å²) in [5.41, 5.74) is 24.9. The van der Waals surface area contributed by atoms with Crippen molar-refractivity contribution in [2.75, 3.05) is 0 Å². The van der Waals surface area contributed by atoms with Crippen molar-refractivity contribution in [2.45, 2.75) is 81.1 Å². The number of carbonyl (C=O) groups is 2. The minimum absolute atomic E-state index is 0.142. The van der Waals surface area contributed by atoms with Gasteiger partial charge in [0.05, 0.1) is 45.5 Å². The van der Waals surface area contributed by atoms with Gasteiger partial charge >= 0.3 is 0 Å². The number of amides is 2. The van der Waals surface area contributed by atoms with Crippen molar-refractivity contribution in [3.05, 3.63) is 222 Å². The molecule has 0 atom stereocenters. The molecular formula is C68H62N8O2S2. The molecule has 2 N–H and O–H groups in total. The van der Waals surface area contributed by atoms with Gasteiger partial charge in [0, 0.05) is 56.8 Å². The largest absolute Gasteiger partial charge is 0.355 e. The topological polar surface area (TPSA) is 126 Å². The number of benzene rings is 4. The Morgan fingerprint density at radius 3 is 1.35 bits per heavy atom.